The first-order valence-electron chi connectivity index (χ1n) is 5.49. The van der Waals surface area contributed by atoms with Crippen LogP contribution in [0.1, 0.15) is 22.3 Å². The molecule has 1 aliphatic rings. The highest BCUT2D eigenvalue weighted by Gasteiger charge is 2.15. The molecule has 2 N–H and O–H groups in total. The SMILES string of the molecule is O=C(O)c1ccc(F)c(CNC2CCSC2)c1. The van der Waals surface area contributed by atoms with Crippen LogP contribution in [0.3, 0.4) is 0 Å². The molecule has 92 valence electrons. The van der Waals surface area contributed by atoms with E-state index in [1.165, 1.54) is 18.2 Å². The number of halogens is 1. The molecule has 3 nitrogen and oxygen atoms in total. The Kier molecular flexibility index (Phi) is 4.02. The molecular formula is C12H14FNO2S. The zero-order chi connectivity index (χ0) is 12.3. The van der Waals surface area contributed by atoms with Gasteiger partial charge in [-0.05, 0) is 30.4 Å². The van der Waals surface area contributed by atoms with Crippen LogP contribution in [0.25, 0.3) is 0 Å². The van der Waals surface area contributed by atoms with Crippen LogP contribution in [0, 0.1) is 5.82 Å². The van der Waals surface area contributed by atoms with Gasteiger partial charge in [0.1, 0.15) is 5.82 Å². The molecule has 1 fully saturated rings. The van der Waals surface area contributed by atoms with Crippen molar-refractivity contribution >= 4 is 17.7 Å². The largest absolute Gasteiger partial charge is 0.478 e. The van der Waals surface area contributed by atoms with E-state index in [0.717, 1.165) is 17.9 Å². The van der Waals surface area contributed by atoms with E-state index >= 15 is 0 Å². The van der Waals surface area contributed by atoms with Gasteiger partial charge in [-0.25, -0.2) is 9.18 Å². The van der Waals surface area contributed by atoms with Crippen molar-refractivity contribution in [3.8, 4) is 0 Å². The zero-order valence-corrected chi connectivity index (χ0v) is 10.1. The molecule has 1 atom stereocenters. The van der Waals surface area contributed by atoms with E-state index in [1.54, 1.807) is 0 Å². The third-order valence-electron chi connectivity index (χ3n) is 2.80. The van der Waals surface area contributed by atoms with Crippen LogP contribution in [0.15, 0.2) is 18.2 Å². The first-order valence-corrected chi connectivity index (χ1v) is 6.65. The van der Waals surface area contributed by atoms with E-state index in [-0.39, 0.29) is 11.4 Å². The zero-order valence-electron chi connectivity index (χ0n) is 9.28. The van der Waals surface area contributed by atoms with Crippen LogP contribution < -0.4 is 5.32 Å². The average molecular weight is 255 g/mol. The molecule has 1 saturated heterocycles. The highest BCUT2D eigenvalue weighted by molar-refractivity contribution is 7.99. The van der Waals surface area contributed by atoms with E-state index in [1.807, 2.05) is 11.8 Å². The van der Waals surface area contributed by atoms with Crippen LogP contribution in [-0.4, -0.2) is 28.6 Å². The van der Waals surface area contributed by atoms with Gasteiger partial charge in [0.25, 0.3) is 0 Å². The molecule has 1 aromatic carbocycles. The van der Waals surface area contributed by atoms with Crippen LogP contribution in [0.5, 0.6) is 0 Å². The minimum Gasteiger partial charge on any atom is -0.478 e. The summed E-state index contributed by atoms with van der Waals surface area (Å²) in [5.41, 5.74) is 0.547. The first-order chi connectivity index (χ1) is 8.16. The normalized spacial score (nSPS) is 19.5. The quantitative estimate of drug-likeness (QED) is 0.865. The molecule has 17 heavy (non-hydrogen) atoms. The Morgan fingerprint density at radius 2 is 2.41 bits per heavy atom. The number of thioether (sulfide) groups is 1. The topological polar surface area (TPSA) is 49.3 Å². The van der Waals surface area contributed by atoms with Gasteiger partial charge in [0.15, 0.2) is 0 Å². The molecule has 1 aliphatic heterocycles. The van der Waals surface area contributed by atoms with Gasteiger partial charge in [0.05, 0.1) is 5.56 Å². The lowest BCUT2D eigenvalue weighted by Gasteiger charge is -2.12. The van der Waals surface area contributed by atoms with Crippen molar-refractivity contribution in [3.63, 3.8) is 0 Å². The molecule has 0 spiro atoms. The second-order valence-electron chi connectivity index (χ2n) is 4.05. The number of hydrogen-bond acceptors (Lipinski definition) is 3. The van der Waals surface area contributed by atoms with Crippen molar-refractivity contribution < 1.29 is 14.3 Å². The number of benzene rings is 1. The molecule has 0 radical (unpaired) electrons. The van der Waals surface area contributed by atoms with Crippen molar-refractivity contribution in [1.82, 2.24) is 5.32 Å². The lowest BCUT2D eigenvalue weighted by molar-refractivity contribution is 0.0696. The Labute approximate surface area is 103 Å². The summed E-state index contributed by atoms with van der Waals surface area (Å²) in [6.45, 7) is 0.387. The van der Waals surface area contributed by atoms with Crippen LogP contribution in [0.4, 0.5) is 4.39 Å². The fraction of sp³-hybridized carbons (Fsp3) is 0.417. The fourth-order valence-corrected chi connectivity index (χ4v) is 2.98. The van der Waals surface area contributed by atoms with E-state index in [9.17, 15) is 9.18 Å². The number of hydrogen-bond donors (Lipinski definition) is 2. The van der Waals surface area contributed by atoms with Gasteiger partial charge < -0.3 is 10.4 Å². The second kappa shape index (κ2) is 5.51. The molecule has 2 rings (SSSR count). The Morgan fingerprint density at radius 3 is 3.06 bits per heavy atom. The van der Waals surface area contributed by atoms with E-state index in [2.05, 4.69) is 5.32 Å². The summed E-state index contributed by atoms with van der Waals surface area (Å²) in [5.74, 6) is 0.797. The van der Waals surface area contributed by atoms with Crippen molar-refractivity contribution in [1.29, 1.82) is 0 Å². The molecule has 5 heteroatoms. The highest BCUT2D eigenvalue weighted by Crippen LogP contribution is 2.18. The lowest BCUT2D eigenvalue weighted by atomic mass is 10.1. The van der Waals surface area contributed by atoms with Crippen LogP contribution >= 0.6 is 11.8 Å². The molecule has 0 aromatic heterocycles. The Morgan fingerprint density at radius 1 is 1.59 bits per heavy atom. The van der Waals surface area contributed by atoms with Gasteiger partial charge >= 0.3 is 5.97 Å². The van der Waals surface area contributed by atoms with Crippen molar-refractivity contribution in [2.75, 3.05) is 11.5 Å². The summed E-state index contributed by atoms with van der Waals surface area (Å²) >= 11 is 1.88. The van der Waals surface area contributed by atoms with E-state index in [4.69, 9.17) is 5.11 Å². The molecule has 1 aromatic rings. The van der Waals surface area contributed by atoms with Crippen LogP contribution in [-0.2, 0) is 6.54 Å². The van der Waals surface area contributed by atoms with Crippen molar-refractivity contribution in [2.24, 2.45) is 0 Å². The lowest BCUT2D eigenvalue weighted by Crippen LogP contribution is -2.28. The Balaban J connectivity index is 2.03. The number of carboxylic acids is 1. The molecule has 0 amide bonds. The first kappa shape index (κ1) is 12.4. The van der Waals surface area contributed by atoms with Gasteiger partial charge in [-0.15, -0.1) is 0 Å². The Bertz CT molecular complexity index is 419. The maximum atomic E-state index is 13.5. The van der Waals surface area contributed by atoms with Crippen molar-refractivity contribution in [2.45, 2.75) is 19.0 Å². The van der Waals surface area contributed by atoms with Crippen LogP contribution in [0.2, 0.25) is 0 Å². The maximum absolute atomic E-state index is 13.5. The number of aromatic carboxylic acids is 1. The molecule has 1 heterocycles. The second-order valence-corrected chi connectivity index (χ2v) is 5.20. The number of carboxylic acid groups (broad SMARTS) is 1. The van der Waals surface area contributed by atoms with E-state index in [0.29, 0.717) is 18.2 Å². The predicted molar refractivity (Wildman–Crippen MR) is 65.9 cm³/mol. The smallest absolute Gasteiger partial charge is 0.335 e. The summed E-state index contributed by atoms with van der Waals surface area (Å²) < 4.78 is 13.5. The minimum absolute atomic E-state index is 0.129. The van der Waals surface area contributed by atoms with Gasteiger partial charge in [-0.1, -0.05) is 0 Å². The van der Waals surface area contributed by atoms with Gasteiger partial charge in [-0.2, -0.15) is 11.8 Å². The van der Waals surface area contributed by atoms with E-state index < -0.39 is 5.97 Å². The molecule has 0 aliphatic carbocycles. The predicted octanol–water partition coefficient (Wildman–Crippen LogP) is 2.12. The molecule has 0 saturated carbocycles. The third kappa shape index (κ3) is 3.20. The van der Waals surface area contributed by atoms with Crippen molar-refractivity contribution in [3.05, 3.63) is 35.1 Å². The number of carbonyl (C=O) groups is 1. The summed E-state index contributed by atoms with van der Waals surface area (Å²) in [7, 11) is 0. The molecule has 1 unspecified atom stereocenters. The summed E-state index contributed by atoms with van der Waals surface area (Å²) in [4.78, 5) is 10.8. The summed E-state index contributed by atoms with van der Waals surface area (Å²) in [6, 6.07) is 4.30. The molecule has 0 bridgehead atoms. The van der Waals surface area contributed by atoms with Gasteiger partial charge in [-0.3, -0.25) is 0 Å². The molecular weight excluding hydrogens is 241 g/mol. The van der Waals surface area contributed by atoms with Gasteiger partial charge in [0, 0.05) is 23.9 Å². The summed E-state index contributed by atoms with van der Waals surface area (Å²) in [5, 5.41) is 12.1. The number of rotatable bonds is 4. The number of nitrogens with one attached hydrogen (secondary N) is 1. The third-order valence-corrected chi connectivity index (χ3v) is 3.97. The highest BCUT2D eigenvalue weighted by atomic mass is 32.2. The van der Waals surface area contributed by atoms with Gasteiger partial charge in [0.2, 0.25) is 0 Å². The monoisotopic (exact) mass is 255 g/mol. The average Bonchev–Trinajstić information content (AvgIpc) is 2.80. The maximum Gasteiger partial charge on any atom is 0.335 e. The standard InChI is InChI=1S/C12H14FNO2S/c13-11-2-1-8(12(15)16)5-9(11)6-14-10-3-4-17-7-10/h1-2,5,10,14H,3-4,6-7H2,(H,15,16). The summed E-state index contributed by atoms with van der Waals surface area (Å²) in [6.07, 6.45) is 1.09. The fourth-order valence-electron chi connectivity index (χ4n) is 1.79. The minimum atomic E-state index is -1.03. The Hall–Kier alpha value is -1.07.